The van der Waals surface area contributed by atoms with Gasteiger partial charge >= 0.3 is 0 Å². The number of nitrogens with zero attached hydrogens (tertiary/aromatic N) is 2. The normalized spacial score (nSPS) is 15.5. The molecule has 2 heterocycles. The molecule has 1 atom stereocenters. The van der Waals surface area contributed by atoms with Crippen molar-refractivity contribution in [1.82, 2.24) is 4.90 Å². The van der Waals surface area contributed by atoms with Crippen LogP contribution in [0.5, 0.6) is 11.5 Å². The summed E-state index contributed by atoms with van der Waals surface area (Å²) in [4.78, 5) is 31.1. The molecule has 0 aliphatic carbocycles. The van der Waals surface area contributed by atoms with Crippen molar-refractivity contribution in [3.8, 4) is 11.5 Å². The Morgan fingerprint density at radius 2 is 1.83 bits per heavy atom. The fraction of sp³-hybridized carbons (Fsp3) is 0.269. The number of thiocarbonyl (C=S) groups is 1. The third-order valence-corrected chi connectivity index (χ3v) is 7.43. The van der Waals surface area contributed by atoms with E-state index in [4.69, 9.17) is 21.7 Å². The highest BCUT2D eigenvalue weighted by atomic mass is 32.1. The summed E-state index contributed by atoms with van der Waals surface area (Å²) < 4.78 is 10.5. The number of rotatable bonds is 9. The number of ether oxygens (including phenoxy) is 2. The number of hydrogen-bond donors (Lipinski definition) is 1. The van der Waals surface area contributed by atoms with Gasteiger partial charge in [-0.3, -0.25) is 14.5 Å². The van der Waals surface area contributed by atoms with E-state index in [0.29, 0.717) is 34.5 Å². The van der Waals surface area contributed by atoms with Crippen LogP contribution in [-0.2, 0) is 16.0 Å². The lowest BCUT2D eigenvalue weighted by Crippen LogP contribution is -2.39. The van der Waals surface area contributed by atoms with E-state index in [-0.39, 0.29) is 18.2 Å². The van der Waals surface area contributed by atoms with E-state index >= 15 is 0 Å². The largest absolute Gasteiger partial charge is 0.497 e. The number of anilines is 2. The van der Waals surface area contributed by atoms with Crippen molar-refractivity contribution >= 4 is 51.9 Å². The van der Waals surface area contributed by atoms with Gasteiger partial charge in [0.15, 0.2) is 5.11 Å². The van der Waals surface area contributed by atoms with Gasteiger partial charge < -0.3 is 19.7 Å². The number of hydrogen-bond acceptors (Lipinski definition) is 6. The minimum Gasteiger partial charge on any atom is -0.497 e. The molecule has 2 aromatic carbocycles. The standard InChI is InChI=1S/C26H27N3O4S2/c1-17-12-14-35-23(17)11-13-28-22(16-24(30)27-18-7-9-20(32-2)10-8-18)25(31)29(26(28)34)19-5-4-6-21(15-19)33-3/h4-10,12,14-15,22H,11,13,16H2,1-3H3,(H,27,30). The van der Waals surface area contributed by atoms with E-state index in [0.717, 1.165) is 6.42 Å². The van der Waals surface area contributed by atoms with Crippen molar-refractivity contribution in [3.05, 3.63) is 70.4 Å². The van der Waals surface area contributed by atoms with Crippen LogP contribution in [0.1, 0.15) is 16.9 Å². The van der Waals surface area contributed by atoms with Crippen molar-refractivity contribution in [2.75, 3.05) is 31.0 Å². The lowest BCUT2D eigenvalue weighted by atomic mass is 10.1. The molecule has 1 unspecified atom stereocenters. The maximum Gasteiger partial charge on any atom is 0.256 e. The van der Waals surface area contributed by atoms with Gasteiger partial charge in [-0.2, -0.15) is 0 Å². The lowest BCUT2D eigenvalue weighted by molar-refractivity contribution is -0.124. The zero-order valence-corrected chi connectivity index (χ0v) is 21.4. The second-order valence-corrected chi connectivity index (χ2v) is 9.49. The van der Waals surface area contributed by atoms with E-state index in [9.17, 15) is 9.59 Å². The quantitative estimate of drug-likeness (QED) is 0.424. The van der Waals surface area contributed by atoms with Gasteiger partial charge in [0.25, 0.3) is 5.91 Å². The third kappa shape index (κ3) is 5.47. The molecule has 4 rings (SSSR count). The Kier molecular flexibility index (Phi) is 7.67. The third-order valence-electron chi connectivity index (χ3n) is 5.93. The van der Waals surface area contributed by atoms with Crippen molar-refractivity contribution in [1.29, 1.82) is 0 Å². The average Bonchev–Trinajstić information content (AvgIpc) is 3.37. The molecule has 0 radical (unpaired) electrons. The molecular formula is C26H27N3O4S2. The molecule has 7 nitrogen and oxygen atoms in total. The van der Waals surface area contributed by atoms with Crippen LogP contribution in [0.2, 0.25) is 0 Å². The number of benzene rings is 2. The predicted molar refractivity (Wildman–Crippen MR) is 143 cm³/mol. The molecule has 0 saturated carbocycles. The number of carbonyl (C=O) groups is 2. The summed E-state index contributed by atoms with van der Waals surface area (Å²) in [6.07, 6.45) is 0.717. The Hall–Kier alpha value is -3.43. The van der Waals surface area contributed by atoms with Gasteiger partial charge in [0.1, 0.15) is 17.5 Å². The molecule has 3 aromatic rings. The summed E-state index contributed by atoms with van der Waals surface area (Å²) in [6.45, 7) is 2.61. The highest BCUT2D eigenvalue weighted by molar-refractivity contribution is 7.80. The summed E-state index contributed by atoms with van der Waals surface area (Å²) in [5.41, 5.74) is 2.47. The number of nitrogens with one attached hydrogen (secondary N) is 1. The van der Waals surface area contributed by atoms with E-state index < -0.39 is 6.04 Å². The van der Waals surface area contributed by atoms with Gasteiger partial charge in [-0.05, 0) is 79.0 Å². The smallest absolute Gasteiger partial charge is 0.256 e. The van der Waals surface area contributed by atoms with Crippen molar-refractivity contribution in [2.24, 2.45) is 0 Å². The molecule has 0 bridgehead atoms. The van der Waals surface area contributed by atoms with Gasteiger partial charge in [-0.25, -0.2) is 0 Å². The van der Waals surface area contributed by atoms with E-state index in [2.05, 4.69) is 23.7 Å². The van der Waals surface area contributed by atoms with E-state index in [1.807, 2.05) is 23.1 Å². The fourth-order valence-corrected chi connectivity index (χ4v) is 5.33. The molecule has 9 heteroatoms. The first kappa shape index (κ1) is 24.7. The van der Waals surface area contributed by atoms with Crippen LogP contribution in [0.25, 0.3) is 0 Å². The SMILES string of the molecule is COc1ccc(NC(=O)CC2C(=O)N(c3cccc(OC)c3)C(=S)N2CCc2sccc2C)cc1. The number of amides is 2. The summed E-state index contributed by atoms with van der Waals surface area (Å²) in [5.74, 6) is 0.833. The molecular weight excluding hydrogens is 482 g/mol. The Morgan fingerprint density at radius 1 is 1.09 bits per heavy atom. The second-order valence-electron chi connectivity index (χ2n) is 8.12. The number of aryl methyl sites for hydroxylation is 1. The van der Waals surface area contributed by atoms with Crippen LogP contribution in [0.3, 0.4) is 0 Å². The zero-order valence-electron chi connectivity index (χ0n) is 19.8. The monoisotopic (exact) mass is 509 g/mol. The van der Waals surface area contributed by atoms with Crippen molar-refractivity contribution in [3.63, 3.8) is 0 Å². The first-order valence-electron chi connectivity index (χ1n) is 11.2. The van der Waals surface area contributed by atoms with Gasteiger partial charge in [0, 0.05) is 23.2 Å². The molecule has 182 valence electrons. The molecule has 1 aliphatic rings. The van der Waals surface area contributed by atoms with Crippen molar-refractivity contribution in [2.45, 2.75) is 25.8 Å². The molecule has 0 spiro atoms. The first-order valence-corrected chi connectivity index (χ1v) is 12.5. The number of methoxy groups -OCH3 is 2. The van der Waals surface area contributed by atoms with Crippen LogP contribution in [0.4, 0.5) is 11.4 Å². The molecule has 1 aliphatic heterocycles. The van der Waals surface area contributed by atoms with Crippen LogP contribution < -0.4 is 19.7 Å². The van der Waals surface area contributed by atoms with Gasteiger partial charge in [0.2, 0.25) is 5.91 Å². The molecule has 1 fully saturated rings. The average molecular weight is 510 g/mol. The Morgan fingerprint density at radius 3 is 2.49 bits per heavy atom. The minimum absolute atomic E-state index is 0.0190. The molecule has 1 aromatic heterocycles. The maximum absolute atomic E-state index is 13.6. The Balaban J connectivity index is 1.56. The Labute approximate surface area is 214 Å². The highest BCUT2D eigenvalue weighted by Gasteiger charge is 2.44. The minimum atomic E-state index is -0.702. The number of thiophene rings is 1. The predicted octanol–water partition coefficient (Wildman–Crippen LogP) is 4.65. The summed E-state index contributed by atoms with van der Waals surface area (Å²) in [7, 11) is 3.16. The van der Waals surface area contributed by atoms with Crippen LogP contribution >= 0.6 is 23.6 Å². The van der Waals surface area contributed by atoms with Gasteiger partial charge in [-0.15, -0.1) is 11.3 Å². The molecule has 1 saturated heterocycles. The van der Waals surface area contributed by atoms with E-state index in [1.165, 1.54) is 15.3 Å². The first-order chi connectivity index (χ1) is 16.9. The molecule has 1 N–H and O–H groups in total. The Bertz CT molecular complexity index is 1230. The topological polar surface area (TPSA) is 71.1 Å². The molecule has 2 amide bonds. The van der Waals surface area contributed by atoms with Gasteiger partial charge in [0.05, 0.1) is 26.3 Å². The van der Waals surface area contributed by atoms with Crippen LogP contribution in [-0.4, -0.2) is 48.6 Å². The van der Waals surface area contributed by atoms with Gasteiger partial charge in [-0.1, -0.05) is 6.07 Å². The second kappa shape index (κ2) is 10.9. The lowest BCUT2D eigenvalue weighted by Gasteiger charge is -2.24. The summed E-state index contributed by atoms with van der Waals surface area (Å²) in [5, 5.41) is 5.32. The van der Waals surface area contributed by atoms with Crippen LogP contribution in [0, 0.1) is 6.92 Å². The zero-order chi connectivity index (χ0) is 24.9. The van der Waals surface area contributed by atoms with Crippen LogP contribution in [0.15, 0.2) is 60.0 Å². The number of carbonyl (C=O) groups excluding carboxylic acids is 2. The highest BCUT2D eigenvalue weighted by Crippen LogP contribution is 2.30. The molecule has 35 heavy (non-hydrogen) atoms. The van der Waals surface area contributed by atoms with E-state index in [1.54, 1.807) is 55.9 Å². The summed E-state index contributed by atoms with van der Waals surface area (Å²) in [6, 6.07) is 15.6. The fourth-order valence-electron chi connectivity index (χ4n) is 4.02. The maximum atomic E-state index is 13.6. The summed E-state index contributed by atoms with van der Waals surface area (Å²) >= 11 is 7.45. The van der Waals surface area contributed by atoms with Crippen molar-refractivity contribution < 1.29 is 19.1 Å².